The summed E-state index contributed by atoms with van der Waals surface area (Å²) >= 11 is 0. The van der Waals surface area contributed by atoms with Crippen molar-refractivity contribution in [2.24, 2.45) is 0 Å². The summed E-state index contributed by atoms with van der Waals surface area (Å²) < 4.78 is 8.65. The maximum Gasteiger partial charge on any atom is 0.180 e. The van der Waals surface area contributed by atoms with Crippen molar-refractivity contribution in [1.29, 1.82) is 0 Å². The lowest BCUT2D eigenvalue weighted by Crippen LogP contribution is -2.17. The Labute approximate surface area is 327 Å². The highest BCUT2D eigenvalue weighted by atomic mass is 16.3. The first-order valence-corrected chi connectivity index (χ1v) is 19.2. The zero-order chi connectivity index (χ0) is 38.9. The highest BCUT2D eigenvalue weighted by Crippen LogP contribution is 2.46. The van der Waals surface area contributed by atoms with Crippen LogP contribution in [0, 0.1) is 6.92 Å². The molecule has 0 fully saturated rings. The number of rotatable bonds is 5. The van der Waals surface area contributed by atoms with Gasteiger partial charge in [-0.15, -0.1) is 0 Å². The summed E-state index contributed by atoms with van der Waals surface area (Å²) in [6.45, 7) is 15.0. The molecule has 0 bridgehead atoms. The van der Waals surface area contributed by atoms with E-state index in [0.29, 0.717) is 11.4 Å². The molecule has 0 spiro atoms. The third kappa shape index (κ3) is 6.02. The van der Waals surface area contributed by atoms with E-state index < -0.39 is 0 Å². The molecule has 9 aromatic rings. The largest absolute Gasteiger partial charge is 0.507 e. The first-order valence-electron chi connectivity index (χ1n) is 19.2. The lowest BCUT2D eigenvalue weighted by atomic mass is 9.78. The van der Waals surface area contributed by atoms with Crippen molar-refractivity contribution in [1.82, 2.24) is 19.4 Å². The Balaban J connectivity index is 1.35. The first-order chi connectivity index (χ1) is 26.8. The number of aromatic nitrogens is 4. The number of para-hydroxylation sites is 1. The van der Waals surface area contributed by atoms with Crippen molar-refractivity contribution < 1.29 is 9.52 Å². The lowest BCUT2D eigenvalue weighted by molar-refractivity contribution is 0.446. The van der Waals surface area contributed by atoms with E-state index in [1.807, 2.05) is 55.5 Å². The minimum atomic E-state index is -0.295. The van der Waals surface area contributed by atoms with Gasteiger partial charge in [0.25, 0.3) is 0 Å². The molecule has 1 N–H and O–H groups in total. The molecule has 0 aliphatic rings. The van der Waals surface area contributed by atoms with Gasteiger partial charge in [0.05, 0.1) is 5.69 Å². The van der Waals surface area contributed by atoms with Gasteiger partial charge in [0, 0.05) is 39.4 Å². The molecule has 4 heterocycles. The molecular weight excluding hydrogens is 689 g/mol. The lowest BCUT2D eigenvalue weighted by Gasteiger charge is -2.27. The number of aryl methyl sites for hydroxylation is 1. The number of pyridine rings is 1. The Morgan fingerprint density at radius 2 is 1.23 bits per heavy atom. The zero-order valence-electron chi connectivity index (χ0n) is 32.8. The molecule has 5 aromatic carbocycles. The fourth-order valence-corrected chi connectivity index (χ4v) is 7.79. The summed E-state index contributed by atoms with van der Waals surface area (Å²) in [6, 6.07) is 43.8. The summed E-state index contributed by atoms with van der Waals surface area (Å²) in [6.07, 6.45) is 2.07. The Kier molecular flexibility index (Phi) is 8.20. The number of fused-ring (bicyclic) bond motifs is 4. The molecule has 0 saturated heterocycles. The van der Waals surface area contributed by atoms with E-state index in [2.05, 4.69) is 131 Å². The highest BCUT2D eigenvalue weighted by molar-refractivity contribution is 6.07. The maximum absolute atomic E-state index is 12.2. The fraction of sp³-hybridized carbons (Fsp3) is 0.180. The van der Waals surface area contributed by atoms with Crippen molar-refractivity contribution in [2.75, 3.05) is 0 Å². The second-order valence-electron chi connectivity index (χ2n) is 16.8. The predicted molar refractivity (Wildman–Crippen MR) is 229 cm³/mol. The quantitative estimate of drug-likeness (QED) is 0.191. The molecule has 6 nitrogen and oxygen atoms in total. The highest BCUT2D eigenvalue weighted by Gasteiger charge is 2.29. The molecule has 0 radical (unpaired) electrons. The number of nitrogens with zero attached hydrogens (tertiary/aromatic N) is 4. The Morgan fingerprint density at radius 3 is 1.95 bits per heavy atom. The second kappa shape index (κ2) is 13.1. The second-order valence-corrected chi connectivity index (χ2v) is 16.8. The summed E-state index contributed by atoms with van der Waals surface area (Å²) in [5.41, 5.74) is 13.7. The Morgan fingerprint density at radius 1 is 0.571 bits per heavy atom. The van der Waals surface area contributed by atoms with Crippen molar-refractivity contribution in [2.45, 2.75) is 59.3 Å². The van der Waals surface area contributed by atoms with Crippen LogP contribution in [0.4, 0.5) is 0 Å². The van der Waals surface area contributed by atoms with Crippen LogP contribution in [0.2, 0.25) is 0 Å². The van der Waals surface area contributed by atoms with Crippen LogP contribution in [0.25, 0.3) is 83.7 Å². The Hall–Kier alpha value is -6.53. The molecule has 4 aromatic heterocycles. The average Bonchev–Trinajstić information content (AvgIpc) is 3.76. The van der Waals surface area contributed by atoms with Crippen LogP contribution in [0.5, 0.6) is 5.75 Å². The van der Waals surface area contributed by atoms with Gasteiger partial charge in [0.1, 0.15) is 39.7 Å². The molecule has 276 valence electrons. The topological polar surface area (TPSA) is 76.5 Å². The van der Waals surface area contributed by atoms with Gasteiger partial charge in [0.15, 0.2) is 5.58 Å². The summed E-state index contributed by atoms with van der Waals surface area (Å²) in [5, 5.41) is 13.1. The predicted octanol–water partition coefficient (Wildman–Crippen LogP) is 13.0. The van der Waals surface area contributed by atoms with Crippen molar-refractivity contribution in [3.63, 3.8) is 0 Å². The van der Waals surface area contributed by atoms with E-state index in [1.54, 1.807) is 0 Å². The summed E-state index contributed by atoms with van der Waals surface area (Å²) in [4.78, 5) is 15.3. The molecule has 0 aliphatic carbocycles. The summed E-state index contributed by atoms with van der Waals surface area (Å²) in [5.74, 6) is 0.931. The molecule has 0 amide bonds. The van der Waals surface area contributed by atoms with E-state index in [4.69, 9.17) is 19.4 Å². The van der Waals surface area contributed by atoms with E-state index in [1.165, 1.54) is 0 Å². The van der Waals surface area contributed by atoms with E-state index in [9.17, 15) is 5.11 Å². The van der Waals surface area contributed by atoms with E-state index >= 15 is 0 Å². The van der Waals surface area contributed by atoms with Crippen LogP contribution in [-0.4, -0.2) is 24.5 Å². The van der Waals surface area contributed by atoms with Crippen LogP contribution < -0.4 is 0 Å². The van der Waals surface area contributed by atoms with Crippen LogP contribution in [0.1, 0.15) is 58.5 Å². The third-order valence-corrected chi connectivity index (χ3v) is 10.7. The number of benzene rings is 5. The zero-order valence-corrected chi connectivity index (χ0v) is 32.8. The fourth-order valence-electron chi connectivity index (χ4n) is 7.79. The molecule has 56 heavy (non-hydrogen) atoms. The van der Waals surface area contributed by atoms with E-state index in [0.717, 1.165) is 89.3 Å². The molecule has 0 atom stereocenters. The number of hydrogen-bond acceptors (Lipinski definition) is 5. The van der Waals surface area contributed by atoms with Gasteiger partial charge in [-0.3, -0.25) is 4.40 Å². The number of hydrogen-bond donors (Lipinski definition) is 1. The molecule has 0 unspecified atom stereocenters. The van der Waals surface area contributed by atoms with Gasteiger partial charge >= 0.3 is 0 Å². The normalized spacial score (nSPS) is 12.3. The number of furan rings is 1. The number of phenolic OH excluding ortho intramolecular Hbond substituents is 1. The van der Waals surface area contributed by atoms with Crippen LogP contribution in [0.3, 0.4) is 0 Å². The third-order valence-electron chi connectivity index (χ3n) is 10.7. The van der Waals surface area contributed by atoms with Gasteiger partial charge in [-0.2, -0.15) is 0 Å². The summed E-state index contributed by atoms with van der Waals surface area (Å²) in [7, 11) is 0. The standard InChI is InChI=1S/C50H44N4O2/c1-30-51-42(47-44(52-30)38-21-14-15-23-41(38)56-47)35-26-33(31-17-10-8-11-18-31)25-34(27-35)37-22-16-24-54-45(32-19-12-9-13-20-32)43(53-48(37)54)39-28-36(49(2,3)4)29-40(46(39)55)50(5,6)7/h8-29,55H,1-7H3. The smallest absolute Gasteiger partial charge is 0.180 e. The molecule has 9 rings (SSSR count). The number of imidazole rings is 1. The van der Waals surface area contributed by atoms with Gasteiger partial charge in [0.2, 0.25) is 0 Å². The maximum atomic E-state index is 12.2. The SMILES string of the molecule is Cc1nc(-c2cc(-c3ccccc3)cc(-c3cccn4c(-c5ccccc5)c(-c5cc(C(C)(C)C)cc(C(C)(C)C)c5O)nc34)c2)c2oc3ccccc3c2n1. The van der Waals surface area contributed by atoms with Gasteiger partial charge < -0.3 is 9.52 Å². The van der Waals surface area contributed by atoms with Crippen molar-refractivity contribution in [3.05, 3.63) is 151 Å². The van der Waals surface area contributed by atoms with Crippen molar-refractivity contribution in [3.8, 4) is 61.8 Å². The minimum Gasteiger partial charge on any atom is -0.507 e. The minimum absolute atomic E-state index is 0.154. The molecule has 6 heteroatoms. The first kappa shape index (κ1) is 35.2. The molecular formula is C50H44N4O2. The van der Waals surface area contributed by atoms with Crippen LogP contribution in [-0.2, 0) is 10.8 Å². The number of phenols is 1. The van der Waals surface area contributed by atoms with Gasteiger partial charge in [-0.05, 0) is 88.5 Å². The van der Waals surface area contributed by atoms with Crippen LogP contribution >= 0.6 is 0 Å². The molecule has 0 aliphatic heterocycles. The van der Waals surface area contributed by atoms with E-state index in [-0.39, 0.29) is 16.6 Å². The Bertz CT molecular complexity index is 2940. The van der Waals surface area contributed by atoms with Gasteiger partial charge in [-0.25, -0.2) is 15.0 Å². The molecule has 0 saturated carbocycles. The van der Waals surface area contributed by atoms with Crippen LogP contribution in [0.15, 0.2) is 138 Å². The van der Waals surface area contributed by atoms with Gasteiger partial charge in [-0.1, -0.05) is 120 Å². The average molecular weight is 733 g/mol. The monoisotopic (exact) mass is 732 g/mol. The van der Waals surface area contributed by atoms with Crippen molar-refractivity contribution >= 4 is 27.7 Å². The number of aromatic hydroxyl groups is 1.